The number of hydrogen-bond acceptors (Lipinski definition) is 7. The minimum Gasteiger partial charge on any atom is -0.464 e. The zero-order chi connectivity index (χ0) is 31.8. The Balaban J connectivity index is 1.43. The highest BCUT2D eigenvalue weighted by molar-refractivity contribution is 5.98. The Morgan fingerprint density at radius 3 is 2.44 bits per heavy atom. The molecule has 3 aromatic carbocycles. The summed E-state index contributed by atoms with van der Waals surface area (Å²) in [6.07, 6.45) is 4.74. The fourth-order valence-corrected chi connectivity index (χ4v) is 5.96. The van der Waals surface area contributed by atoms with E-state index in [9.17, 15) is 14.4 Å². The van der Waals surface area contributed by atoms with Crippen LogP contribution < -0.4 is 11.1 Å². The number of likely N-dealkylation sites (tertiary alicyclic amines) is 1. The number of fused-ring (bicyclic) bond motifs is 1. The van der Waals surface area contributed by atoms with Gasteiger partial charge in [0.05, 0.1) is 25.2 Å². The number of amides is 3. The largest absolute Gasteiger partial charge is 0.464 e. The Morgan fingerprint density at radius 1 is 1.00 bits per heavy atom. The summed E-state index contributed by atoms with van der Waals surface area (Å²) >= 11 is 0. The highest BCUT2D eigenvalue weighted by Crippen LogP contribution is 2.38. The maximum Gasteiger partial charge on any atom is 0.327 e. The van der Waals surface area contributed by atoms with Crippen LogP contribution in [0.25, 0.3) is 10.8 Å². The maximum absolute atomic E-state index is 14.5. The predicted octanol–water partition coefficient (Wildman–Crippen LogP) is 5.84. The SMILES string of the molecule is CCCOC(=O)CNc1nccc2cc(CN(C(=O)[C@H](C)N)C(=O)N3[C@H](Cc4ccccc4)CC[C@H]3c3ccccc3)ccc12. The lowest BCUT2D eigenvalue weighted by atomic mass is 10.0. The predicted molar refractivity (Wildman–Crippen MR) is 175 cm³/mol. The number of ether oxygens (including phenoxy) is 1. The standard InChI is InChI=1S/C36H41N5O4/c1-3-20-45-33(42)23-39-34-31-16-14-27(21-29(31)18-19-38-34)24-40(35(43)25(2)37)36(44)41-30(22-26-10-6-4-7-11-26)15-17-32(41)28-12-8-5-9-13-28/h4-14,16,18-19,21,25,30,32H,3,15,17,20,22-24,37H2,1-2H3,(H,38,39)/t25-,30-,32-/m0/s1. The fraction of sp³-hybridized carbons (Fsp3) is 0.333. The summed E-state index contributed by atoms with van der Waals surface area (Å²) in [5.74, 6) is -0.226. The third-order valence-electron chi connectivity index (χ3n) is 8.15. The monoisotopic (exact) mass is 607 g/mol. The van der Waals surface area contributed by atoms with Crippen molar-refractivity contribution < 1.29 is 19.1 Å². The van der Waals surface area contributed by atoms with Crippen LogP contribution in [0, 0.1) is 0 Å². The molecule has 45 heavy (non-hydrogen) atoms. The number of esters is 1. The fourth-order valence-electron chi connectivity index (χ4n) is 5.96. The second kappa shape index (κ2) is 14.8. The van der Waals surface area contributed by atoms with E-state index in [-0.39, 0.29) is 37.2 Å². The number of pyridine rings is 1. The summed E-state index contributed by atoms with van der Waals surface area (Å²) < 4.78 is 5.16. The first-order valence-corrected chi connectivity index (χ1v) is 15.6. The number of rotatable bonds is 11. The average molecular weight is 608 g/mol. The molecular weight excluding hydrogens is 566 g/mol. The molecule has 0 saturated carbocycles. The molecule has 1 aliphatic rings. The van der Waals surface area contributed by atoms with Crippen molar-refractivity contribution >= 4 is 34.5 Å². The summed E-state index contributed by atoms with van der Waals surface area (Å²) in [4.78, 5) is 47.7. The molecule has 0 radical (unpaired) electrons. The molecule has 1 aliphatic heterocycles. The van der Waals surface area contributed by atoms with Crippen molar-refractivity contribution in [2.24, 2.45) is 5.73 Å². The van der Waals surface area contributed by atoms with Gasteiger partial charge in [0.15, 0.2) is 0 Å². The Morgan fingerprint density at radius 2 is 1.73 bits per heavy atom. The summed E-state index contributed by atoms with van der Waals surface area (Å²) in [5, 5.41) is 4.73. The molecule has 0 aliphatic carbocycles. The van der Waals surface area contributed by atoms with Crippen LogP contribution in [0.2, 0.25) is 0 Å². The van der Waals surface area contributed by atoms with Gasteiger partial charge in [-0.2, -0.15) is 0 Å². The quantitative estimate of drug-likeness (QED) is 0.206. The summed E-state index contributed by atoms with van der Waals surface area (Å²) in [5.41, 5.74) is 9.08. The number of hydrogen-bond donors (Lipinski definition) is 2. The lowest BCUT2D eigenvalue weighted by molar-refractivity contribution is -0.141. The van der Waals surface area contributed by atoms with Crippen molar-refractivity contribution in [3.63, 3.8) is 0 Å². The van der Waals surface area contributed by atoms with E-state index >= 15 is 0 Å². The number of nitrogens with one attached hydrogen (secondary N) is 1. The number of urea groups is 1. The molecule has 234 valence electrons. The van der Waals surface area contributed by atoms with Gasteiger partial charge in [0.1, 0.15) is 12.4 Å². The van der Waals surface area contributed by atoms with Crippen molar-refractivity contribution in [2.75, 3.05) is 18.5 Å². The number of anilines is 1. The van der Waals surface area contributed by atoms with Crippen LogP contribution in [-0.2, 0) is 27.3 Å². The molecule has 9 nitrogen and oxygen atoms in total. The van der Waals surface area contributed by atoms with Crippen LogP contribution in [0.5, 0.6) is 0 Å². The van der Waals surface area contributed by atoms with E-state index in [1.165, 1.54) is 4.90 Å². The molecule has 3 amide bonds. The molecule has 1 fully saturated rings. The second-order valence-corrected chi connectivity index (χ2v) is 11.5. The normalized spacial score (nSPS) is 16.7. The van der Waals surface area contributed by atoms with Gasteiger partial charge in [0.25, 0.3) is 0 Å². The molecule has 0 unspecified atom stereocenters. The molecule has 1 saturated heterocycles. The Labute approximate surface area is 264 Å². The van der Waals surface area contributed by atoms with E-state index in [2.05, 4.69) is 22.4 Å². The third kappa shape index (κ3) is 7.67. The van der Waals surface area contributed by atoms with E-state index in [1.54, 1.807) is 13.1 Å². The molecule has 0 spiro atoms. The van der Waals surface area contributed by atoms with Crippen LogP contribution >= 0.6 is 0 Å². The minimum atomic E-state index is -0.854. The zero-order valence-electron chi connectivity index (χ0n) is 25.9. The van der Waals surface area contributed by atoms with Crippen LogP contribution in [0.4, 0.5) is 10.6 Å². The van der Waals surface area contributed by atoms with E-state index in [0.717, 1.165) is 46.7 Å². The number of carbonyl (C=O) groups is 3. The lowest BCUT2D eigenvalue weighted by Gasteiger charge is -2.35. The van der Waals surface area contributed by atoms with Gasteiger partial charge in [0, 0.05) is 17.6 Å². The molecular formula is C36H41N5O4. The van der Waals surface area contributed by atoms with E-state index < -0.39 is 11.9 Å². The number of nitrogens with two attached hydrogens (primary N) is 1. The van der Waals surface area contributed by atoms with Crippen LogP contribution in [0.3, 0.4) is 0 Å². The molecule has 2 heterocycles. The van der Waals surface area contributed by atoms with Gasteiger partial charge in [-0.1, -0.05) is 79.7 Å². The number of aromatic nitrogens is 1. The van der Waals surface area contributed by atoms with E-state index in [4.69, 9.17) is 10.5 Å². The van der Waals surface area contributed by atoms with Gasteiger partial charge in [0.2, 0.25) is 5.91 Å². The van der Waals surface area contributed by atoms with Crippen molar-refractivity contribution in [3.8, 4) is 0 Å². The Kier molecular flexibility index (Phi) is 10.4. The van der Waals surface area contributed by atoms with Crippen LogP contribution in [0.1, 0.15) is 55.8 Å². The zero-order valence-corrected chi connectivity index (χ0v) is 25.9. The molecule has 4 aromatic rings. The highest BCUT2D eigenvalue weighted by Gasteiger charge is 2.41. The number of imide groups is 1. The third-order valence-corrected chi connectivity index (χ3v) is 8.15. The number of nitrogens with zero attached hydrogens (tertiary/aromatic N) is 3. The van der Waals surface area contributed by atoms with Gasteiger partial charge in [-0.25, -0.2) is 9.78 Å². The topological polar surface area (TPSA) is 118 Å². The molecule has 3 atom stereocenters. The van der Waals surface area contributed by atoms with Gasteiger partial charge in [-0.05, 0) is 66.8 Å². The minimum absolute atomic E-state index is 0.00159. The van der Waals surface area contributed by atoms with Crippen molar-refractivity contribution in [3.05, 3.63) is 108 Å². The first-order chi connectivity index (χ1) is 21.9. The highest BCUT2D eigenvalue weighted by atomic mass is 16.5. The molecule has 3 N–H and O–H groups in total. The second-order valence-electron chi connectivity index (χ2n) is 11.5. The van der Waals surface area contributed by atoms with Gasteiger partial charge >= 0.3 is 12.0 Å². The summed E-state index contributed by atoms with van der Waals surface area (Å²) in [6, 6.07) is 26.3. The van der Waals surface area contributed by atoms with Crippen molar-refractivity contribution in [1.82, 2.24) is 14.8 Å². The smallest absolute Gasteiger partial charge is 0.327 e. The van der Waals surface area contributed by atoms with Gasteiger partial charge in [-0.3, -0.25) is 14.5 Å². The van der Waals surface area contributed by atoms with Crippen molar-refractivity contribution in [1.29, 1.82) is 0 Å². The van der Waals surface area contributed by atoms with Gasteiger partial charge < -0.3 is 20.7 Å². The van der Waals surface area contributed by atoms with Gasteiger partial charge in [-0.15, -0.1) is 0 Å². The van der Waals surface area contributed by atoms with E-state index in [1.807, 2.05) is 84.6 Å². The molecule has 1 aromatic heterocycles. The number of benzene rings is 3. The average Bonchev–Trinajstić information content (AvgIpc) is 3.48. The molecule has 0 bridgehead atoms. The van der Waals surface area contributed by atoms with Crippen LogP contribution in [-0.4, -0.2) is 57.9 Å². The Hall–Kier alpha value is -4.76. The summed E-state index contributed by atoms with van der Waals surface area (Å²) in [7, 11) is 0. The first kappa shape index (κ1) is 31.7. The summed E-state index contributed by atoms with van der Waals surface area (Å²) in [6.45, 7) is 4.00. The molecule has 9 heteroatoms. The van der Waals surface area contributed by atoms with Crippen molar-refractivity contribution in [2.45, 2.75) is 64.2 Å². The number of carbonyl (C=O) groups excluding carboxylic acids is 3. The molecule has 5 rings (SSSR count). The Bertz CT molecular complexity index is 1610. The van der Waals surface area contributed by atoms with E-state index in [0.29, 0.717) is 18.8 Å². The van der Waals surface area contributed by atoms with Crippen LogP contribution in [0.15, 0.2) is 91.1 Å². The first-order valence-electron chi connectivity index (χ1n) is 15.6. The maximum atomic E-state index is 14.5. The lowest BCUT2D eigenvalue weighted by Crippen LogP contribution is -2.52.